The van der Waals surface area contributed by atoms with Crippen LogP contribution >= 0.6 is 11.3 Å². The summed E-state index contributed by atoms with van der Waals surface area (Å²) in [6.07, 6.45) is 0. The third kappa shape index (κ3) is 18.3. The fourth-order valence-electron chi connectivity index (χ4n) is 16.4. The summed E-state index contributed by atoms with van der Waals surface area (Å²) in [5, 5.41) is 12.1. The second-order valence-corrected chi connectivity index (χ2v) is 31.0. The molecule has 30 heteroatoms. The van der Waals surface area contributed by atoms with Gasteiger partial charge < -0.3 is 70.0 Å². The van der Waals surface area contributed by atoms with Gasteiger partial charge in [-0.15, -0.1) is 11.3 Å². The number of morpholine rings is 3. The highest BCUT2D eigenvalue weighted by Gasteiger charge is 2.36. The number of nitrogens with zero attached hydrogens (tertiary/aromatic N) is 13. The van der Waals surface area contributed by atoms with Crippen molar-refractivity contribution >= 4 is 51.3 Å². The number of rotatable bonds is 19. The first-order valence-corrected chi connectivity index (χ1v) is 41.9. The maximum absolute atomic E-state index is 14.5. The highest BCUT2D eigenvalue weighted by Crippen LogP contribution is 2.35. The number of benzene rings is 8. The Labute approximate surface area is 702 Å². The number of methoxy groups -OCH3 is 1. The molecule has 6 aliphatic rings. The molecule has 27 nitrogen and oxygen atoms in total. The smallest absolute Gasteiger partial charge is 0.334 e. The minimum absolute atomic E-state index is 0.0980. The zero-order chi connectivity index (χ0) is 83.3. The summed E-state index contributed by atoms with van der Waals surface area (Å²) in [6, 6.07) is 63.5. The molecule has 121 heavy (non-hydrogen) atoms. The normalized spacial score (nSPS) is 15.8. The van der Waals surface area contributed by atoms with E-state index in [1.807, 2.05) is 197 Å². The zero-order valence-corrected chi connectivity index (χ0v) is 68.3. The molecule has 0 aliphatic carbocycles. The van der Waals surface area contributed by atoms with Crippen molar-refractivity contribution in [1.82, 2.24) is 63.0 Å². The van der Waals surface area contributed by atoms with Gasteiger partial charge in [0.05, 0.1) is 106 Å². The van der Waals surface area contributed by atoms with Gasteiger partial charge >= 0.3 is 17.1 Å². The quantitative estimate of drug-likeness (QED) is 0.0588. The van der Waals surface area contributed by atoms with E-state index >= 15 is 0 Å². The zero-order valence-electron chi connectivity index (χ0n) is 67.4. The standard InChI is InChI=1S/C32H35N5O4.C31H31F2N5O3.C28H31N7O3S/c1-40-28-12-5-7-24(21-28)23-36-30(31(38)35-15-13-33-14-16-35)29(25-8-3-2-4-9-25)37(32(36)39)27-11-6-10-26(22-27)34-17-19-41-20-18-34;32-26-10-9-22(19-27(26)33)21-37-29(30(39)36-13-11-34-12-14-36)28(23-5-2-1-3-6-23)38(31(37)40)25-8-4-7-24(20-25)35-15-17-41-18-16-35;29-27-31-21(19-39-27)18-34-25(26(36)33-11-9-30-10-12-33)24(20-5-2-1-3-6-20)35(28(34)37)23-8-4-7-22(17-23)32-13-15-38-16-14-32/h2-12,21-22,33H,13-20,23H2,1H3;1-10,19-20,34H,11-18,21H2;1-8,17,19,30H,9-16,18H2,(H2,29,31). The van der Waals surface area contributed by atoms with Crippen molar-refractivity contribution in [2.75, 3.05) is 185 Å². The highest BCUT2D eigenvalue weighted by molar-refractivity contribution is 7.13. The Morgan fingerprint density at radius 1 is 0.397 bits per heavy atom. The number of piperazine rings is 3. The average molecular weight is 1660 g/mol. The van der Waals surface area contributed by atoms with Crippen LogP contribution in [0.2, 0.25) is 0 Å². The third-order valence-corrected chi connectivity index (χ3v) is 23.2. The minimum atomic E-state index is -1.01. The Balaban J connectivity index is 0.000000135. The summed E-state index contributed by atoms with van der Waals surface area (Å²) >= 11 is 1.32. The number of anilines is 4. The molecule has 0 saturated carbocycles. The van der Waals surface area contributed by atoms with E-state index in [0.29, 0.717) is 173 Å². The molecule has 6 fully saturated rings. The average Bonchev–Trinajstić information content (AvgIpc) is 1.60. The van der Waals surface area contributed by atoms with E-state index in [0.717, 1.165) is 104 Å². The Kier molecular flexibility index (Phi) is 26.0. The van der Waals surface area contributed by atoms with Crippen molar-refractivity contribution in [2.45, 2.75) is 19.6 Å². The number of aromatic nitrogens is 7. The Morgan fingerprint density at radius 2 is 0.736 bits per heavy atom. The number of amides is 3. The number of carbonyl (C=O) groups excluding carboxylic acids is 3. The fraction of sp³-hybridized carbons (Fsp3) is 0.308. The molecule has 10 heterocycles. The third-order valence-electron chi connectivity index (χ3n) is 22.5. The summed E-state index contributed by atoms with van der Waals surface area (Å²) in [7, 11) is 1.62. The van der Waals surface area contributed by atoms with Crippen LogP contribution < -0.4 is 58.2 Å². The summed E-state index contributed by atoms with van der Waals surface area (Å²) in [5.74, 6) is -1.88. The molecule has 6 saturated heterocycles. The van der Waals surface area contributed by atoms with E-state index < -0.39 is 17.3 Å². The first kappa shape index (κ1) is 82.2. The van der Waals surface area contributed by atoms with Gasteiger partial charge in [-0.2, -0.15) is 0 Å². The van der Waals surface area contributed by atoms with Crippen molar-refractivity contribution < 1.29 is 42.1 Å². The number of nitrogens with two attached hydrogens (primary N) is 1. The molecular weight excluding hydrogens is 1560 g/mol. The Morgan fingerprint density at radius 3 is 1.07 bits per heavy atom. The lowest BCUT2D eigenvalue weighted by Crippen LogP contribution is -2.47. The molecule has 3 amide bonds. The van der Waals surface area contributed by atoms with Crippen molar-refractivity contribution in [3.63, 3.8) is 0 Å². The number of imidazole rings is 3. The second-order valence-electron chi connectivity index (χ2n) is 30.1. The maximum atomic E-state index is 14.5. The van der Waals surface area contributed by atoms with Crippen LogP contribution in [0.5, 0.6) is 5.75 Å². The molecule has 0 radical (unpaired) electrons. The summed E-state index contributed by atoms with van der Waals surface area (Å²) in [4.78, 5) is 102. The monoisotopic (exact) mass is 1660 g/mol. The summed E-state index contributed by atoms with van der Waals surface area (Å²) in [6.45, 7) is 16.2. The van der Waals surface area contributed by atoms with E-state index in [4.69, 9.17) is 24.7 Å². The number of nitrogens with one attached hydrogen (secondary N) is 3. The molecule has 6 aliphatic heterocycles. The largest absolute Gasteiger partial charge is 0.497 e. The van der Waals surface area contributed by atoms with Crippen LogP contribution in [-0.4, -0.2) is 229 Å². The van der Waals surface area contributed by atoms with Crippen LogP contribution in [0.3, 0.4) is 0 Å². The van der Waals surface area contributed by atoms with Gasteiger partial charge in [-0.3, -0.25) is 41.8 Å². The summed E-state index contributed by atoms with van der Waals surface area (Å²) < 4.78 is 59.5. The van der Waals surface area contributed by atoms with Crippen LogP contribution in [-0.2, 0) is 33.8 Å². The van der Waals surface area contributed by atoms with Gasteiger partial charge in [0.2, 0.25) is 0 Å². The van der Waals surface area contributed by atoms with Crippen LogP contribution in [0, 0.1) is 11.6 Å². The molecule has 0 bridgehead atoms. The Bertz CT molecular complexity index is 5810. The van der Waals surface area contributed by atoms with Crippen molar-refractivity contribution in [1.29, 1.82) is 0 Å². The van der Waals surface area contributed by atoms with E-state index in [1.54, 1.807) is 34.8 Å². The number of thiazole rings is 1. The van der Waals surface area contributed by atoms with E-state index in [1.165, 1.54) is 22.0 Å². The first-order chi connectivity index (χ1) is 59.2. The number of nitrogen functional groups attached to an aromatic ring is 1. The first-order valence-electron chi connectivity index (χ1n) is 41.0. The van der Waals surface area contributed by atoms with Crippen molar-refractivity contribution in [2.24, 2.45) is 0 Å². The SMILES string of the molecule is COc1cccc(Cn2c(C(=O)N3CCNCC3)c(-c3ccccc3)n(-c3cccc(N4CCOCC4)c3)c2=O)c1.Nc1nc(Cn2c(C(=O)N3CCNCC3)c(-c3ccccc3)n(-c3cccc(N4CCOCC4)c3)c2=O)cs1.O=C(c1c(-c2ccccc2)n(-c2cccc(N3CCOCC3)c2)c(=O)n1Cc1ccc(F)c(F)c1)N1CCNCC1. The van der Waals surface area contributed by atoms with Crippen molar-refractivity contribution in [3.05, 3.63) is 289 Å². The number of hydrogen-bond acceptors (Lipinski definition) is 19. The molecular formula is C91H97F2N17O10S. The number of carbonyl (C=O) groups is 3. The van der Waals surface area contributed by atoms with Gasteiger partial charge in [0, 0.05) is 157 Å². The minimum Gasteiger partial charge on any atom is -0.497 e. The predicted octanol–water partition coefficient (Wildman–Crippen LogP) is 9.03. The van der Waals surface area contributed by atoms with Crippen LogP contribution in [0.1, 0.15) is 48.3 Å². The lowest BCUT2D eigenvalue weighted by molar-refractivity contribution is 0.0718. The van der Waals surface area contributed by atoms with Gasteiger partial charge in [0.1, 0.15) is 22.8 Å². The Hall–Kier alpha value is -12.6. The molecule has 8 aromatic carbocycles. The molecule has 0 atom stereocenters. The van der Waals surface area contributed by atoms with Crippen LogP contribution in [0.4, 0.5) is 31.0 Å². The maximum Gasteiger partial charge on any atom is 0.334 e. The molecule has 12 aromatic rings. The van der Waals surface area contributed by atoms with Gasteiger partial charge in [-0.1, -0.05) is 127 Å². The molecule has 626 valence electrons. The van der Waals surface area contributed by atoms with E-state index in [9.17, 15) is 37.5 Å². The lowest BCUT2D eigenvalue weighted by Gasteiger charge is -2.29. The fourth-order valence-corrected chi connectivity index (χ4v) is 16.9. The van der Waals surface area contributed by atoms with Crippen LogP contribution in [0.25, 0.3) is 50.8 Å². The van der Waals surface area contributed by atoms with Crippen LogP contribution in [0.15, 0.2) is 226 Å². The molecule has 0 spiro atoms. The molecule has 18 rings (SSSR count). The number of hydrogen-bond donors (Lipinski definition) is 4. The number of halogens is 2. The van der Waals surface area contributed by atoms with Gasteiger partial charge in [0.25, 0.3) is 17.7 Å². The van der Waals surface area contributed by atoms with Gasteiger partial charge in [0.15, 0.2) is 16.8 Å². The highest BCUT2D eigenvalue weighted by atomic mass is 32.1. The molecule has 4 aromatic heterocycles. The van der Waals surface area contributed by atoms with Gasteiger partial charge in [-0.05, 0) is 90.0 Å². The predicted molar refractivity (Wildman–Crippen MR) is 465 cm³/mol. The van der Waals surface area contributed by atoms with Gasteiger partial charge in [-0.25, -0.2) is 28.1 Å². The topological polar surface area (TPSA) is 263 Å². The lowest BCUT2D eigenvalue weighted by atomic mass is 10.1. The number of ether oxygens (including phenoxy) is 4. The van der Waals surface area contributed by atoms with E-state index in [2.05, 4.69) is 41.7 Å². The van der Waals surface area contributed by atoms with Crippen molar-refractivity contribution in [3.8, 4) is 56.6 Å². The molecule has 0 unspecified atom stereocenters. The molecule has 5 N–H and O–H groups in total. The van der Waals surface area contributed by atoms with E-state index in [-0.39, 0.29) is 54.4 Å². The second kappa shape index (κ2) is 38.2. The summed E-state index contributed by atoms with van der Waals surface area (Å²) in [5.41, 5.74) is 16.7.